The van der Waals surface area contributed by atoms with Crippen molar-refractivity contribution in [3.8, 4) is 0 Å². The van der Waals surface area contributed by atoms with E-state index in [4.69, 9.17) is 9.47 Å². The van der Waals surface area contributed by atoms with Gasteiger partial charge in [0.25, 0.3) is 10.2 Å². The van der Waals surface area contributed by atoms with Crippen LogP contribution in [0.4, 0.5) is 0 Å². The Morgan fingerprint density at radius 1 is 1.20 bits per heavy atom. The smallest absolute Gasteiger partial charge is 0.311 e. The van der Waals surface area contributed by atoms with Gasteiger partial charge in [0.1, 0.15) is 12.2 Å². The van der Waals surface area contributed by atoms with E-state index in [9.17, 15) is 23.1 Å². The summed E-state index contributed by atoms with van der Waals surface area (Å²) in [5.74, 6) is 0.421. The van der Waals surface area contributed by atoms with Gasteiger partial charge in [-0.1, -0.05) is 20.3 Å². The third-order valence-electron chi connectivity index (χ3n) is 8.64. The molecule has 3 fully saturated rings. The van der Waals surface area contributed by atoms with Crippen LogP contribution in [0.5, 0.6) is 0 Å². The van der Waals surface area contributed by atoms with Crippen LogP contribution in [0.15, 0.2) is 0 Å². The summed E-state index contributed by atoms with van der Waals surface area (Å²) in [6.45, 7) is 7.94. The molecule has 1 aliphatic heterocycles. The predicted octanol–water partition coefficient (Wildman–Crippen LogP) is 2.68. The third-order valence-corrected chi connectivity index (χ3v) is 9.82. The van der Waals surface area contributed by atoms with Gasteiger partial charge in [-0.3, -0.25) is 9.59 Å². The molecule has 35 heavy (non-hydrogen) atoms. The van der Waals surface area contributed by atoms with Crippen LogP contribution in [0.2, 0.25) is 0 Å². The van der Waals surface area contributed by atoms with E-state index >= 15 is 0 Å². The van der Waals surface area contributed by atoms with Crippen molar-refractivity contribution in [3.63, 3.8) is 0 Å². The number of aliphatic hydroxyl groups excluding tert-OH is 1. The number of esters is 2. The standard InChI is InChI=1S/C25H44N2O7S/c1-6-25(3,4)24(30)34-21-12-17(27-35(31,32)26-5)11-16-8-7-15(2)20(23(16)21)10-9-19-13-18(28)14-22(29)33-19/h15-21,23,26-28H,6-14H2,1-5H3/t15-,16-,17-,18+,19-,20-,21-,23-/m0/s1. The largest absolute Gasteiger partial charge is 0.462 e. The highest BCUT2D eigenvalue weighted by molar-refractivity contribution is 7.87. The van der Waals surface area contributed by atoms with Crippen LogP contribution >= 0.6 is 0 Å². The van der Waals surface area contributed by atoms with E-state index in [0.29, 0.717) is 38.0 Å². The minimum absolute atomic E-state index is 0.0518. The van der Waals surface area contributed by atoms with Gasteiger partial charge in [0.05, 0.1) is 17.9 Å². The molecule has 3 N–H and O–H groups in total. The van der Waals surface area contributed by atoms with Crippen molar-refractivity contribution in [3.05, 3.63) is 0 Å². The summed E-state index contributed by atoms with van der Waals surface area (Å²) >= 11 is 0. The van der Waals surface area contributed by atoms with E-state index in [1.165, 1.54) is 7.05 Å². The van der Waals surface area contributed by atoms with E-state index in [1.807, 2.05) is 20.8 Å². The van der Waals surface area contributed by atoms with Crippen LogP contribution < -0.4 is 9.44 Å². The molecule has 0 unspecified atom stereocenters. The minimum Gasteiger partial charge on any atom is -0.462 e. The molecule has 202 valence electrons. The highest BCUT2D eigenvalue weighted by Gasteiger charge is 2.49. The summed E-state index contributed by atoms with van der Waals surface area (Å²) in [4.78, 5) is 24.9. The number of aliphatic hydroxyl groups is 1. The first-order valence-electron chi connectivity index (χ1n) is 13.1. The van der Waals surface area contributed by atoms with Crippen molar-refractivity contribution in [2.45, 2.75) is 110 Å². The van der Waals surface area contributed by atoms with Crippen LogP contribution in [0.25, 0.3) is 0 Å². The summed E-state index contributed by atoms with van der Waals surface area (Å²) in [6.07, 6.45) is 4.42. The second-order valence-electron chi connectivity index (χ2n) is 11.5. The fourth-order valence-electron chi connectivity index (χ4n) is 6.20. The Balaban J connectivity index is 1.80. The second-order valence-corrected chi connectivity index (χ2v) is 13.2. The molecule has 8 atom stereocenters. The van der Waals surface area contributed by atoms with Gasteiger partial charge in [-0.05, 0) is 63.7 Å². The molecule has 10 heteroatoms. The van der Waals surface area contributed by atoms with Crippen molar-refractivity contribution in [2.24, 2.45) is 29.1 Å². The van der Waals surface area contributed by atoms with Crippen LogP contribution in [0, 0.1) is 29.1 Å². The van der Waals surface area contributed by atoms with Crippen molar-refractivity contribution < 1.29 is 32.6 Å². The van der Waals surface area contributed by atoms with Gasteiger partial charge in [0, 0.05) is 31.8 Å². The highest BCUT2D eigenvalue weighted by atomic mass is 32.2. The van der Waals surface area contributed by atoms with E-state index < -0.39 is 21.7 Å². The number of ether oxygens (including phenoxy) is 2. The quantitative estimate of drug-likeness (QED) is 0.402. The lowest BCUT2D eigenvalue weighted by Crippen LogP contribution is -2.54. The fraction of sp³-hybridized carbons (Fsp3) is 0.920. The van der Waals surface area contributed by atoms with Gasteiger partial charge in [-0.25, -0.2) is 4.72 Å². The Bertz CT molecular complexity index is 862. The van der Waals surface area contributed by atoms with Gasteiger partial charge in [-0.2, -0.15) is 13.1 Å². The second kappa shape index (κ2) is 11.4. The molecule has 9 nitrogen and oxygen atoms in total. The number of hydrogen-bond donors (Lipinski definition) is 3. The lowest BCUT2D eigenvalue weighted by molar-refractivity contribution is -0.173. The Hall–Kier alpha value is -1.23. The Labute approximate surface area is 210 Å². The SMILES string of the molecule is CCC(C)(C)C(=O)O[C@H]1C[C@@H](NS(=O)(=O)NC)C[C@@H]2CC[C@H](C)[C@H](CC[C@H]3C[C@@H](O)CC(=O)O3)[C@H]21. The molecule has 1 saturated heterocycles. The maximum Gasteiger partial charge on any atom is 0.311 e. The summed E-state index contributed by atoms with van der Waals surface area (Å²) in [6, 6.07) is -0.306. The number of rotatable bonds is 9. The van der Waals surface area contributed by atoms with Crippen molar-refractivity contribution >= 4 is 22.1 Å². The first-order chi connectivity index (χ1) is 16.3. The number of hydrogen-bond acceptors (Lipinski definition) is 7. The number of carbonyl (C=O) groups is 2. The van der Waals surface area contributed by atoms with Gasteiger partial charge in [-0.15, -0.1) is 0 Å². The maximum absolute atomic E-state index is 13.1. The zero-order chi connectivity index (χ0) is 26.0. The molecule has 3 aliphatic rings. The molecule has 0 aromatic rings. The Morgan fingerprint density at radius 2 is 1.91 bits per heavy atom. The van der Waals surface area contributed by atoms with E-state index in [2.05, 4.69) is 16.4 Å². The van der Waals surface area contributed by atoms with Crippen LogP contribution in [-0.4, -0.2) is 56.9 Å². The summed E-state index contributed by atoms with van der Waals surface area (Å²) < 4.78 is 41.2. The molecule has 0 spiro atoms. The first-order valence-corrected chi connectivity index (χ1v) is 14.6. The zero-order valence-corrected chi connectivity index (χ0v) is 22.6. The normalized spacial score (nSPS) is 36.2. The van der Waals surface area contributed by atoms with Gasteiger partial charge in [0.15, 0.2) is 0 Å². The molecule has 0 bridgehead atoms. The summed E-state index contributed by atoms with van der Waals surface area (Å²) in [5.41, 5.74) is -0.616. The van der Waals surface area contributed by atoms with Gasteiger partial charge >= 0.3 is 11.9 Å². The Morgan fingerprint density at radius 3 is 2.54 bits per heavy atom. The molecule has 3 rings (SSSR count). The zero-order valence-electron chi connectivity index (χ0n) is 21.8. The molecular formula is C25H44N2O7S. The van der Waals surface area contributed by atoms with Gasteiger partial charge < -0.3 is 14.6 Å². The number of cyclic esters (lactones) is 1. The predicted molar refractivity (Wildman–Crippen MR) is 131 cm³/mol. The highest BCUT2D eigenvalue weighted by Crippen LogP contribution is 2.50. The van der Waals surface area contributed by atoms with Gasteiger partial charge in [0.2, 0.25) is 0 Å². The lowest BCUT2D eigenvalue weighted by atomic mass is 9.59. The molecule has 0 radical (unpaired) electrons. The lowest BCUT2D eigenvalue weighted by Gasteiger charge is -2.50. The molecule has 0 amide bonds. The molecule has 2 aliphatic carbocycles. The third kappa shape index (κ3) is 7.17. The molecule has 0 aromatic carbocycles. The minimum atomic E-state index is -3.61. The van der Waals surface area contributed by atoms with E-state index in [1.54, 1.807) is 0 Å². The fourth-order valence-corrected chi connectivity index (χ4v) is 6.95. The number of fused-ring (bicyclic) bond motifs is 1. The molecule has 0 aromatic heterocycles. The van der Waals surface area contributed by atoms with Crippen molar-refractivity contribution in [1.29, 1.82) is 0 Å². The van der Waals surface area contributed by atoms with Crippen LogP contribution in [0.3, 0.4) is 0 Å². The maximum atomic E-state index is 13.1. The average Bonchev–Trinajstić information content (AvgIpc) is 2.77. The number of carbonyl (C=O) groups excluding carboxylic acids is 2. The summed E-state index contributed by atoms with van der Waals surface area (Å²) in [5, 5.41) is 9.99. The van der Waals surface area contributed by atoms with Crippen molar-refractivity contribution in [1.82, 2.24) is 9.44 Å². The number of nitrogens with one attached hydrogen (secondary N) is 2. The summed E-state index contributed by atoms with van der Waals surface area (Å²) in [7, 11) is -2.24. The first kappa shape index (κ1) is 28.3. The Kier molecular flexibility index (Phi) is 9.26. The van der Waals surface area contributed by atoms with Crippen molar-refractivity contribution in [2.75, 3.05) is 7.05 Å². The average molecular weight is 517 g/mol. The molecule has 2 saturated carbocycles. The monoisotopic (exact) mass is 516 g/mol. The van der Waals surface area contributed by atoms with Crippen LogP contribution in [-0.2, 0) is 29.3 Å². The van der Waals surface area contributed by atoms with Crippen LogP contribution in [0.1, 0.15) is 85.5 Å². The molecule has 1 heterocycles. The topological polar surface area (TPSA) is 131 Å². The molecular weight excluding hydrogens is 472 g/mol. The van der Waals surface area contributed by atoms with E-state index in [0.717, 1.165) is 19.3 Å². The van der Waals surface area contributed by atoms with E-state index in [-0.39, 0.29) is 54.4 Å².